The minimum Gasteiger partial charge on any atom is -0.339 e. The average molecular weight is 298 g/mol. The number of rotatable bonds is 5. The van der Waals surface area contributed by atoms with Crippen LogP contribution in [0.3, 0.4) is 0 Å². The molecule has 0 unspecified atom stereocenters. The van der Waals surface area contributed by atoms with Crippen molar-refractivity contribution in [3.05, 3.63) is 11.7 Å². The van der Waals surface area contributed by atoms with Crippen molar-refractivity contribution >= 4 is 0 Å². The molecule has 2 rings (SSSR count). The van der Waals surface area contributed by atoms with Gasteiger partial charge in [-0.3, -0.25) is 0 Å². The molecule has 1 aromatic rings. The van der Waals surface area contributed by atoms with Gasteiger partial charge in [0, 0.05) is 18.3 Å². The number of nitrogens with zero attached hydrogens (tertiary/aromatic N) is 4. The largest absolute Gasteiger partial charge is 0.389 e. The summed E-state index contributed by atoms with van der Waals surface area (Å²) in [5.41, 5.74) is -1.96. The Balaban J connectivity index is 2.11. The molecular weight excluding hydrogens is 285 g/mol. The van der Waals surface area contributed by atoms with Gasteiger partial charge >= 0.3 is 6.18 Å². The summed E-state index contributed by atoms with van der Waals surface area (Å²) in [5, 5.41) is 21.9. The summed E-state index contributed by atoms with van der Waals surface area (Å²) in [6, 6.07) is 3.33. The van der Waals surface area contributed by atoms with E-state index < -0.39 is 24.4 Å². The van der Waals surface area contributed by atoms with Gasteiger partial charge in [-0.05, 0) is 19.3 Å². The first-order valence-corrected chi connectivity index (χ1v) is 6.44. The average Bonchev–Trinajstić information content (AvgIpc) is 3.00. The molecule has 0 bridgehead atoms. The Morgan fingerprint density at radius 3 is 2.33 bits per heavy atom. The first-order chi connectivity index (χ1) is 9.72. The second-order valence-electron chi connectivity index (χ2n) is 5.67. The summed E-state index contributed by atoms with van der Waals surface area (Å²) >= 11 is 0. The highest BCUT2D eigenvalue weighted by Gasteiger charge is 2.45. The minimum atomic E-state index is -4.41. The van der Waals surface area contributed by atoms with E-state index >= 15 is 0 Å². The van der Waals surface area contributed by atoms with E-state index in [-0.39, 0.29) is 17.7 Å². The smallest absolute Gasteiger partial charge is 0.339 e. The number of aromatic nitrogens is 2. The van der Waals surface area contributed by atoms with E-state index in [0.717, 1.165) is 12.8 Å². The van der Waals surface area contributed by atoms with E-state index in [4.69, 9.17) is 15.0 Å². The van der Waals surface area contributed by atoms with Gasteiger partial charge in [-0.2, -0.15) is 28.7 Å². The fraction of sp³-hybridized carbons (Fsp3) is 0.692. The topological polar surface area (TPSA) is 86.5 Å². The lowest BCUT2D eigenvalue weighted by Crippen LogP contribution is -2.23. The molecule has 1 heterocycles. The van der Waals surface area contributed by atoms with Gasteiger partial charge in [0.1, 0.15) is 0 Å². The number of halogens is 3. The third-order valence-electron chi connectivity index (χ3n) is 3.71. The Labute approximate surface area is 119 Å². The van der Waals surface area contributed by atoms with Crippen molar-refractivity contribution in [1.82, 2.24) is 10.1 Å². The lowest BCUT2D eigenvalue weighted by atomic mass is 9.82. The molecule has 1 aliphatic carbocycles. The summed E-state index contributed by atoms with van der Waals surface area (Å²) in [6.07, 6.45) is -4.67. The predicted molar refractivity (Wildman–Crippen MR) is 63.5 cm³/mol. The molecule has 1 aliphatic rings. The van der Waals surface area contributed by atoms with Crippen molar-refractivity contribution in [2.24, 2.45) is 5.41 Å². The summed E-state index contributed by atoms with van der Waals surface area (Å²) in [6.45, 7) is 1.94. The molecule has 0 atom stereocenters. The fourth-order valence-electron chi connectivity index (χ4n) is 1.90. The van der Waals surface area contributed by atoms with Crippen LogP contribution in [0.2, 0.25) is 0 Å². The molecule has 0 saturated heterocycles. The Morgan fingerprint density at radius 1 is 1.24 bits per heavy atom. The number of hydrogen-bond donors (Lipinski definition) is 0. The molecule has 112 valence electrons. The maximum atomic E-state index is 12.3. The van der Waals surface area contributed by atoms with E-state index in [2.05, 4.69) is 10.1 Å². The van der Waals surface area contributed by atoms with Crippen LogP contribution >= 0.6 is 0 Å². The van der Waals surface area contributed by atoms with Gasteiger partial charge in [0.2, 0.25) is 5.89 Å². The van der Waals surface area contributed by atoms with Gasteiger partial charge in [-0.1, -0.05) is 12.1 Å². The Morgan fingerprint density at radius 2 is 1.86 bits per heavy atom. The van der Waals surface area contributed by atoms with Crippen LogP contribution in [0.4, 0.5) is 13.2 Å². The number of alkyl halides is 3. The van der Waals surface area contributed by atoms with Gasteiger partial charge in [0.25, 0.3) is 0 Å². The van der Waals surface area contributed by atoms with Crippen molar-refractivity contribution in [3.8, 4) is 12.1 Å². The van der Waals surface area contributed by atoms with Crippen LogP contribution in [0.15, 0.2) is 4.52 Å². The summed E-state index contributed by atoms with van der Waals surface area (Å²) < 4.78 is 42.0. The van der Waals surface area contributed by atoms with Crippen LogP contribution in [0.25, 0.3) is 0 Å². The molecule has 0 radical (unpaired) electrons. The molecule has 8 heteroatoms. The van der Waals surface area contributed by atoms with Crippen molar-refractivity contribution in [1.29, 1.82) is 10.5 Å². The van der Waals surface area contributed by atoms with Gasteiger partial charge in [0.05, 0.1) is 12.1 Å². The van der Waals surface area contributed by atoms with Crippen molar-refractivity contribution in [2.75, 3.05) is 0 Å². The lowest BCUT2D eigenvalue weighted by Gasteiger charge is -2.17. The number of hydrogen-bond acceptors (Lipinski definition) is 5. The zero-order valence-corrected chi connectivity index (χ0v) is 11.4. The molecule has 21 heavy (non-hydrogen) atoms. The maximum Gasteiger partial charge on any atom is 0.389 e. The molecular formula is C13H13F3N4O. The van der Waals surface area contributed by atoms with Gasteiger partial charge in [0.15, 0.2) is 11.2 Å². The summed E-state index contributed by atoms with van der Waals surface area (Å²) in [4.78, 5) is 4.11. The number of nitriles is 2. The monoisotopic (exact) mass is 298 g/mol. The van der Waals surface area contributed by atoms with Crippen LogP contribution in [0, 0.1) is 28.1 Å². The normalized spacial score (nSPS) is 17.0. The highest BCUT2D eigenvalue weighted by atomic mass is 19.4. The molecule has 1 saturated carbocycles. The highest BCUT2D eigenvalue weighted by Crippen LogP contribution is 2.46. The third kappa shape index (κ3) is 3.52. The molecule has 0 amide bonds. The zero-order valence-electron chi connectivity index (χ0n) is 11.4. The van der Waals surface area contributed by atoms with E-state index in [9.17, 15) is 13.2 Å². The van der Waals surface area contributed by atoms with Gasteiger partial charge in [-0.15, -0.1) is 0 Å². The molecule has 1 aromatic heterocycles. The van der Waals surface area contributed by atoms with Crippen LogP contribution < -0.4 is 0 Å². The van der Waals surface area contributed by atoms with Crippen molar-refractivity contribution in [2.45, 2.75) is 50.6 Å². The van der Waals surface area contributed by atoms with Crippen molar-refractivity contribution < 1.29 is 17.7 Å². The fourth-order valence-corrected chi connectivity index (χ4v) is 1.90. The Kier molecular flexibility index (Phi) is 3.66. The van der Waals surface area contributed by atoms with E-state index in [1.165, 1.54) is 0 Å². The van der Waals surface area contributed by atoms with Crippen LogP contribution in [-0.4, -0.2) is 16.3 Å². The van der Waals surface area contributed by atoms with Crippen LogP contribution in [0.5, 0.6) is 0 Å². The second kappa shape index (κ2) is 5.03. The standard InChI is InChI=1S/C13H13F3N4O/c1-11(2-3-11)10-19-9(20-21-10)6-12(7-17,8-18)4-5-13(14,15)16/h2-6H2,1H3. The Bertz CT molecular complexity index is 590. The quantitative estimate of drug-likeness (QED) is 0.833. The summed E-state index contributed by atoms with van der Waals surface area (Å²) in [7, 11) is 0. The van der Waals surface area contributed by atoms with Gasteiger partial charge < -0.3 is 4.52 Å². The minimum absolute atomic E-state index is 0.100. The highest BCUT2D eigenvalue weighted by molar-refractivity contribution is 5.19. The third-order valence-corrected chi connectivity index (χ3v) is 3.71. The van der Waals surface area contributed by atoms with E-state index in [1.807, 2.05) is 6.92 Å². The molecule has 0 N–H and O–H groups in total. The molecule has 1 fully saturated rings. The molecule has 0 aliphatic heterocycles. The SMILES string of the molecule is CC1(c2nc(CC(C#N)(C#N)CCC(F)(F)F)no2)CC1. The maximum absolute atomic E-state index is 12.3. The van der Waals surface area contributed by atoms with E-state index in [0.29, 0.717) is 5.89 Å². The van der Waals surface area contributed by atoms with Gasteiger partial charge in [-0.25, -0.2) is 0 Å². The Hall–Kier alpha value is -2.09. The molecule has 5 nitrogen and oxygen atoms in total. The molecule has 0 aromatic carbocycles. The first-order valence-electron chi connectivity index (χ1n) is 6.44. The lowest BCUT2D eigenvalue weighted by molar-refractivity contribution is -0.138. The first kappa shape index (κ1) is 15.3. The van der Waals surface area contributed by atoms with Crippen LogP contribution in [0.1, 0.15) is 44.3 Å². The second-order valence-corrected chi connectivity index (χ2v) is 5.67. The van der Waals surface area contributed by atoms with E-state index in [1.54, 1.807) is 12.1 Å². The van der Waals surface area contributed by atoms with Crippen LogP contribution in [-0.2, 0) is 11.8 Å². The predicted octanol–water partition coefficient (Wildman–Crippen LogP) is 3.04. The van der Waals surface area contributed by atoms with Crippen molar-refractivity contribution in [3.63, 3.8) is 0 Å². The molecule has 0 spiro atoms. The summed E-state index contributed by atoms with van der Waals surface area (Å²) in [5.74, 6) is 0.515. The zero-order chi connectivity index (χ0) is 15.7.